The average molecular weight is 310 g/mol. The highest BCUT2D eigenvalue weighted by Gasteiger charge is 2.40. The summed E-state index contributed by atoms with van der Waals surface area (Å²) in [6, 6.07) is 15.6. The standard InChI is InChI=1S/C18H18N2O3/c19-18(21)13-7-4-8-14-17(13)23-16-11-20(10-15(16)22-14)9-12-5-2-1-3-6-12/h1-8,15-16H,9-11H2,(H2,19,21)/t15-,16-/m0/s1. The van der Waals surface area contributed by atoms with Crippen LogP contribution in [0.15, 0.2) is 48.5 Å². The summed E-state index contributed by atoms with van der Waals surface area (Å²) < 4.78 is 12.1. The number of nitrogens with zero attached hydrogens (tertiary/aromatic N) is 1. The van der Waals surface area contributed by atoms with Crippen molar-refractivity contribution in [3.63, 3.8) is 0 Å². The van der Waals surface area contributed by atoms with Gasteiger partial charge >= 0.3 is 0 Å². The van der Waals surface area contributed by atoms with Crippen LogP contribution in [-0.2, 0) is 6.54 Å². The Kier molecular flexibility index (Phi) is 3.42. The van der Waals surface area contributed by atoms with Gasteiger partial charge in [0.1, 0.15) is 12.2 Å². The van der Waals surface area contributed by atoms with E-state index < -0.39 is 5.91 Å². The van der Waals surface area contributed by atoms with Crippen LogP contribution in [0.2, 0.25) is 0 Å². The van der Waals surface area contributed by atoms with Gasteiger partial charge in [0.2, 0.25) is 0 Å². The number of primary amides is 1. The van der Waals surface area contributed by atoms with E-state index in [1.165, 1.54) is 5.56 Å². The number of fused-ring (bicyclic) bond motifs is 2. The summed E-state index contributed by atoms with van der Waals surface area (Å²) in [5, 5.41) is 0. The Balaban J connectivity index is 1.52. The second-order valence-electron chi connectivity index (χ2n) is 5.99. The van der Waals surface area contributed by atoms with Crippen LogP contribution in [0.1, 0.15) is 15.9 Å². The van der Waals surface area contributed by atoms with Crippen molar-refractivity contribution in [2.45, 2.75) is 18.8 Å². The third-order valence-electron chi connectivity index (χ3n) is 4.33. The highest BCUT2D eigenvalue weighted by Crippen LogP contribution is 2.39. The Bertz CT molecular complexity index is 732. The van der Waals surface area contributed by atoms with E-state index in [1.807, 2.05) is 24.3 Å². The molecule has 1 saturated heterocycles. The van der Waals surface area contributed by atoms with E-state index in [1.54, 1.807) is 12.1 Å². The molecule has 0 saturated carbocycles. The topological polar surface area (TPSA) is 64.8 Å². The number of amides is 1. The molecule has 2 aliphatic heterocycles. The molecule has 1 fully saturated rings. The van der Waals surface area contributed by atoms with E-state index in [0.29, 0.717) is 17.1 Å². The summed E-state index contributed by atoms with van der Waals surface area (Å²) in [6.07, 6.45) is -0.0962. The summed E-state index contributed by atoms with van der Waals surface area (Å²) in [4.78, 5) is 13.9. The zero-order chi connectivity index (χ0) is 15.8. The molecule has 0 radical (unpaired) electrons. The molecule has 0 bridgehead atoms. The number of hydrogen-bond donors (Lipinski definition) is 1. The van der Waals surface area contributed by atoms with Gasteiger partial charge in [-0.05, 0) is 17.7 Å². The van der Waals surface area contributed by atoms with Crippen molar-refractivity contribution in [3.05, 3.63) is 59.7 Å². The van der Waals surface area contributed by atoms with Crippen LogP contribution in [0.4, 0.5) is 0 Å². The Labute approximate surface area is 134 Å². The van der Waals surface area contributed by atoms with Crippen LogP contribution in [0, 0.1) is 0 Å². The maximum atomic E-state index is 11.5. The van der Waals surface area contributed by atoms with Gasteiger partial charge in [0.05, 0.1) is 5.56 Å². The van der Waals surface area contributed by atoms with E-state index >= 15 is 0 Å². The van der Waals surface area contributed by atoms with Crippen LogP contribution in [0.3, 0.4) is 0 Å². The Morgan fingerprint density at radius 2 is 1.78 bits per heavy atom. The molecule has 2 aliphatic rings. The van der Waals surface area contributed by atoms with Crippen LogP contribution in [-0.4, -0.2) is 36.1 Å². The zero-order valence-corrected chi connectivity index (χ0v) is 12.6. The molecule has 5 heteroatoms. The minimum absolute atomic E-state index is 0.0191. The van der Waals surface area contributed by atoms with Crippen molar-refractivity contribution < 1.29 is 14.3 Å². The van der Waals surface area contributed by atoms with Crippen LogP contribution < -0.4 is 15.2 Å². The monoisotopic (exact) mass is 310 g/mol. The van der Waals surface area contributed by atoms with Gasteiger partial charge in [0.15, 0.2) is 11.5 Å². The third kappa shape index (κ3) is 2.64. The van der Waals surface area contributed by atoms with Crippen LogP contribution >= 0.6 is 0 Å². The lowest BCUT2D eigenvalue weighted by molar-refractivity contribution is 0.0537. The number of carbonyl (C=O) groups is 1. The highest BCUT2D eigenvalue weighted by molar-refractivity contribution is 5.96. The average Bonchev–Trinajstić information content (AvgIpc) is 2.93. The lowest BCUT2D eigenvalue weighted by Gasteiger charge is -2.29. The van der Waals surface area contributed by atoms with Gasteiger partial charge in [0.25, 0.3) is 5.91 Å². The molecule has 5 nitrogen and oxygen atoms in total. The maximum Gasteiger partial charge on any atom is 0.252 e. The molecule has 1 amide bonds. The van der Waals surface area contributed by atoms with E-state index in [4.69, 9.17) is 15.2 Å². The Morgan fingerprint density at radius 3 is 2.52 bits per heavy atom. The van der Waals surface area contributed by atoms with Crippen molar-refractivity contribution in [1.82, 2.24) is 4.90 Å². The highest BCUT2D eigenvalue weighted by atomic mass is 16.6. The molecule has 2 atom stereocenters. The van der Waals surface area contributed by atoms with E-state index in [-0.39, 0.29) is 12.2 Å². The van der Waals surface area contributed by atoms with Crippen molar-refractivity contribution in [1.29, 1.82) is 0 Å². The Morgan fingerprint density at radius 1 is 1.04 bits per heavy atom. The summed E-state index contributed by atoms with van der Waals surface area (Å²) in [5.41, 5.74) is 7.06. The van der Waals surface area contributed by atoms with Gasteiger partial charge in [-0.15, -0.1) is 0 Å². The van der Waals surface area contributed by atoms with Gasteiger partial charge < -0.3 is 15.2 Å². The van der Waals surface area contributed by atoms with Crippen LogP contribution in [0.25, 0.3) is 0 Å². The SMILES string of the molecule is NC(=O)c1cccc2c1O[C@H]1CN(Cc3ccccc3)C[C@@H]1O2. The first-order valence-corrected chi connectivity index (χ1v) is 7.73. The quantitative estimate of drug-likeness (QED) is 0.939. The van der Waals surface area contributed by atoms with Crippen molar-refractivity contribution >= 4 is 5.91 Å². The largest absolute Gasteiger partial charge is 0.481 e. The van der Waals surface area contributed by atoms with Crippen LogP contribution in [0.5, 0.6) is 11.5 Å². The Hall–Kier alpha value is -2.53. The second kappa shape index (κ2) is 5.59. The lowest BCUT2D eigenvalue weighted by Crippen LogP contribution is -2.39. The van der Waals surface area contributed by atoms with E-state index in [9.17, 15) is 4.79 Å². The smallest absolute Gasteiger partial charge is 0.252 e. The van der Waals surface area contributed by atoms with Gasteiger partial charge in [-0.1, -0.05) is 36.4 Å². The number of rotatable bonds is 3. The number of likely N-dealkylation sites (tertiary alicyclic amines) is 1. The maximum absolute atomic E-state index is 11.5. The number of nitrogens with two attached hydrogens (primary N) is 1. The van der Waals surface area contributed by atoms with Gasteiger partial charge in [0, 0.05) is 19.6 Å². The van der Waals surface area contributed by atoms with Gasteiger partial charge in [-0.25, -0.2) is 0 Å². The molecule has 2 aromatic rings. The lowest BCUT2D eigenvalue weighted by atomic mass is 10.1. The fourth-order valence-electron chi connectivity index (χ4n) is 3.25. The summed E-state index contributed by atoms with van der Waals surface area (Å²) >= 11 is 0. The van der Waals surface area contributed by atoms with Gasteiger partial charge in [-0.2, -0.15) is 0 Å². The predicted octanol–water partition coefficient (Wildman–Crippen LogP) is 1.81. The first-order valence-electron chi connectivity index (χ1n) is 7.73. The van der Waals surface area contributed by atoms with Crippen molar-refractivity contribution in [2.75, 3.05) is 13.1 Å². The molecule has 0 aliphatic carbocycles. The minimum atomic E-state index is -0.497. The number of carbonyl (C=O) groups excluding carboxylic acids is 1. The van der Waals surface area contributed by atoms with Gasteiger partial charge in [-0.3, -0.25) is 9.69 Å². The molecular formula is C18H18N2O3. The summed E-state index contributed by atoms with van der Waals surface area (Å²) in [7, 11) is 0. The molecule has 2 aromatic carbocycles. The number of ether oxygens (including phenoxy) is 2. The molecule has 23 heavy (non-hydrogen) atoms. The third-order valence-corrected chi connectivity index (χ3v) is 4.33. The zero-order valence-electron chi connectivity index (χ0n) is 12.6. The molecule has 0 aromatic heterocycles. The number of benzene rings is 2. The van der Waals surface area contributed by atoms with E-state index in [0.717, 1.165) is 19.6 Å². The number of hydrogen-bond acceptors (Lipinski definition) is 4. The minimum Gasteiger partial charge on any atom is -0.481 e. The summed E-state index contributed by atoms with van der Waals surface area (Å²) in [6.45, 7) is 2.44. The predicted molar refractivity (Wildman–Crippen MR) is 85.5 cm³/mol. The molecule has 2 N–H and O–H groups in total. The number of para-hydroxylation sites is 1. The molecule has 0 spiro atoms. The second-order valence-corrected chi connectivity index (χ2v) is 5.99. The molecule has 0 unspecified atom stereocenters. The molecule has 2 heterocycles. The molecule has 4 rings (SSSR count). The van der Waals surface area contributed by atoms with Crippen molar-refractivity contribution in [3.8, 4) is 11.5 Å². The van der Waals surface area contributed by atoms with Crippen molar-refractivity contribution in [2.24, 2.45) is 5.73 Å². The fraction of sp³-hybridized carbons (Fsp3) is 0.278. The molecule has 118 valence electrons. The normalized spacial score (nSPS) is 22.6. The molecular weight excluding hydrogens is 292 g/mol. The summed E-state index contributed by atoms with van der Waals surface area (Å²) in [5.74, 6) is 0.579. The fourth-order valence-corrected chi connectivity index (χ4v) is 3.25. The first kappa shape index (κ1) is 14.1. The van der Waals surface area contributed by atoms with E-state index in [2.05, 4.69) is 17.0 Å². The first-order chi connectivity index (χ1) is 11.2.